The Bertz CT molecular complexity index is 717. The van der Waals surface area contributed by atoms with Crippen LogP contribution >= 0.6 is 0 Å². The quantitative estimate of drug-likeness (QED) is 0.936. The summed E-state index contributed by atoms with van der Waals surface area (Å²) >= 11 is 0. The van der Waals surface area contributed by atoms with E-state index in [4.69, 9.17) is 0 Å². The third kappa shape index (κ3) is 2.78. The zero-order valence-corrected chi connectivity index (χ0v) is 12.2. The van der Waals surface area contributed by atoms with Gasteiger partial charge in [-0.05, 0) is 32.4 Å². The van der Waals surface area contributed by atoms with Crippen LogP contribution in [-0.4, -0.2) is 18.2 Å². The van der Waals surface area contributed by atoms with Gasteiger partial charge in [-0.3, -0.25) is 9.40 Å². The molecule has 1 N–H and O–H groups in total. The van der Waals surface area contributed by atoms with Gasteiger partial charge in [-0.15, -0.1) is 0 Å². The van der Waals surface area contributed by atoms with E-state index < -0.39 is 10.0 Å². The summed E-state index contributed by atoms with van der Waals surface area (Å²) in [5, 5.41) is 4.12. The van der Waals surface area contributed by atoms with Crippen molar-refractivity contribution in [3.8, 4) is 0 Å². The molecule has 0 unspecified atom stereocenters. The molecular weight excluding hydrogens is 262 g/mol. The van der Waals surface area contributed by atoms with Gasteiger partial charge in [0.15, 0.2) is 0 Å². The lowest BCUT2D eigenvalue weighted by Crippen LogP contribution is -2.14. The van der Waals surface area contributed by atoms with E-state index in [2.05, 4.69) is 9.82 Å². The van der Waals surface area contributed by atoms with Gasteiger partial charge < -0.3 is 0 Å². The van der Waals surface area contributed by atoms with Gasteiger partial charge in [0, 0.05) is 13.2 Å². The Kier molecular flexibility index (Phi) is 3.36. The lowest BCUT2D eigenvalue weighted by molar-refractivity contribution is 0.600. The molecule has 0 saturated carbocycles. The fourth-order valence-corrected chi connectivity index (χ4v) is 3.33. The van der Waals surface area contributed by atoms with Crippen molar-refractivity contribution in [3.63, 3.8) is 0 Å². The first-order chi connectivity index (χ1) is 8.79. The van der Waals surface area contributed by atoms with Crippen molar-refractivity contribution in [1.82, 2.24) is 9.78 Å². The molecule has 0 aliphatic rings. The number of nitrogens with one attached hydrogen (secondary N) is 1. The molecule has 2 rings (SSSR count). The summed E-state index contributed by atoms with van der Waals surface area (Å²) in [5.74, 6) is 0. The molecule has 0 radical (unpaired) electrons. The topological polar surface area (TPSA) is 64.0 Å². The molecule has 1 aromatic heterocycles. The molecule has 0 fully saturated rings. The van der Waals surface area contributed by atoms with Crippen LogP contribution in [0.1, 0.15) is 16.8 Å². The Morgan fingerprint density at radius 3 is 2.42 bits per heavy atom. The summed E-state index contributed by atoms with van der Waals surface area (Å²) in [6.45, 7) is 5.49. The average Bonchev–Trinajstić information content (AvgIpc) is 2.55. The van der Waals surface area contributed by atoms with Gasteiger partial charge in [0.2, 0.25) is 0 Å². The third-order valence-corrected chi connectivity index (χ3v) is 4.40. The number of aryl methyl sites for hydroxylation is 4. The Morgan fingerprint density at radius 1 is 1.21 bits per heavy atom. The molecule has 0 saturated heterocycles. The molecule has 5 nitrogen and oxygen atoms in total. The third-order valence-electron chi connectivity index (χ3n) is 2.88. The van der Waals surface area contributed by atoms with Gasteiger partial charge in [0.05, 0.1) is 16.3 Å². The summed E-state index contributed by atoms with van der Waals surface area (Å²) in [5.41, 5.74) is 2.92. The maximum Gasteiger partial charge on any atom is 0.262 e. The van der Waals surface area contributed by atoms with Gasteiger partial charge in [-0.2, -0.15) is 5.10 Å². The zero-order chi connectivity index (χ0) is 14.2. The minimum Gasteiger partial charge on any atom is -0.276 e. The van der Waals surface area contributed by atoms with E-state index in [0.717, 1.165) is 11.1 Å². The van der Waals surface area contributed by atoms with E-state index in [1.165, 1.54) is 0 Å². The number of hydrogen-bond acceptors (Lipinski definition) is 3. The second-order valence-electron chi connectivity index (χ2n) is 4.68. The maximum atomic E-state index is 12.3. The van der Waals surface area contributed by atoms with E-state index in [-0.39, 0.29) is 0 Å². The smallest absolute Gasteiger partial charge is 0.262 e. The van der Waals surface area contributed by atoms with Gasteiger partial charge in [-0.1, -0.05) is 17.7 Å². The molecular formula is C13H17N3O2S. The second kappa shape index (κ2) is 4.70. The normalized spacial score (nSPS) is 11.6. The summed E-state index contributed by atoms with van der Waals surface area (Å²) in [4.78, 5) is 0.293. The van der Waals surface area contributed by atoms with E-state index in [1.807, 2.05) is 13.0 Å². The van der Waals surface area contributed by atoms with Crippen molar-refractivity contribution < 1.29 is 8.42 Å². The Balaban J connectivity index is 2.40. The van der Waals surface area contributed by atoms with E-state index in [9.17, 15) is 8.42 Å². The minimum absolute atomic E-state index is 0.293. The Labute approximate surface area is 113 Å². The van der Waals surface area contributed by atoms with Crippen LogP contribution < -0.4 is 4.72 Å². The molecule has 1 heterocycles. The molecule has 1 aromatic carbocycles. The van der Waals surface area contributed by atoms with Crippen molar-refractivity contribution in [2.45, 2.75) is 25.7 Å². The average molecular weight is 279 g/mol. The fourth-order valence-electron chi connectivity index (χ4n) is 2.00. The highest BCUT2D eigenvalue weighted by molar-refractivity contribution is 7.92. The molecule has 6 heteroatoms. The van der Waals surface area contributed by atoms with Gasteiger partial charge in [-0.25, -0.2) is 8.42 Å². The summed E-state index contributed by atoms with van der Waals surface area (Å²) in [7, 11) is -1.82. The minimum atomic E-state index is -3.57. The first-order valence-corrected chi connectivity index (χ1v) is 7.38. The van der Waals surface area contributed by atoms with E-state index >= 15 is 0 Å². The number of hydrogen-bond donors (Lipinski definition) is 1. The standard InChI is InChI=1S/C13H17N3O2S/c1-9-5-6-13(10(2)7-9)19(17,18)15-12-8-16(4)14-11(12)3/h5-8,15H,1-4H3. The van der Waals surface area contributed by atoms with E-state index in [0.29, 0.717) is 16.3 Å². The van der Waals surface area contributed by atoms with Crippen molar-refractivity contribution in [3.05, 3.63) is 41.2 Å². The highest BCUT2D eigenvalue weighted by Crippen LogP contribution is 2.21. The number of nitrogens with zero attached hydrogens (tertiary/aromatic N) is 2. The lowest BCUT2D eigenvalue weighted by Gasteiger charge is -2.10. The van der Waals surface area contributed by atoms with Crippen LogP contribution in [-0.2, 0) is 17.1 Å². The molecule has 2 aromatic rings. The predicted molar refractivity (Wildman–Crippen MR) is 74.7 cm³/mol. The zero-order valence-electron chi connectivity index (χ0n) is 11.4. The second-order valence-corrected chi connectivity index (χ2v) is 6.33. The number of sulfonamides is 1. The SMILES string of the molecule is Cc1ccc(S(=O)(=O)Nc2cn(C)nc2C)c(C)c1. The van der Waals surface area contributed by atoms with E-state index in [1.54, 1.807) is 43.9 Å². The van der Waals surface area contributed by atoms with Crippen LogP contribution in [0, 0.1) is 20.8 Å². The highest BCUT2D eigenvalue weighted by atomic mass is 32.2. The summed E-state index contributed by atoms with van der Waals surface area (Å²) < 4.78 is 28.8. The summed E-state index contributed by atoms with van der Waals surface area (Å²) in [6, 6.07) is 5.26. The largest absolute Gasteiger partial charge is 0.276 e. The molecule has 0 atom stereocenters. The van der Waals surface area contributed by atoms with Crippen LogP contribution in [0.25, 0.3) is 0 Å². The van der Waals surface area contributed by atoms with Crippen LogP contribution in [0.15, 0.2) is 29.3 Å². The molecule has 0 spiro atoms. The van der Waals surface area contributed by atoms with Crippen molar-refractivity contribution in [2.75, 3.05) is 4.72 Å². The van der Waals surface area contributed by atoms with Crippen molar-refractivity contribution >= 4 is 15.7 Å². The van der Waals surface area contributed by atoms with Gasteiger partial charge >= 0.3 is 0 Å². The lowest BCUT2D eigenvalue weighted by atomic mass is 10.2. The van der Waals surface area contributed by atoms with Gasteiger partial charge in [0.1, 0.15) is 0 Å². The summed E-state index contributed by atoms with van der Waals surface area (Å²) in [6.07, 6.45) is 1.65. The molecule has 102 valence electrons. The number of aromatic nitrogens is 2. The molecule has 0 bridgehead atoms. The maximum absolute atomic E-state index is 12.3. The van der Waals surface area contributed by atoms with Crippen molar-refractivity contribution in [1.29, 1.82) is 0 Å². The first-order valence-electron chi connectivity index (χ1n) is 5.90. The van der Waals surface area contributed by atoms with Crippen LogP contribution in [0.2, 0.25) is 0 Å². The monoisotopic (exact) mass is 279 g/mol. The van der Waals surface area contributed by atoms with Crippen LogP contribution in [0.4, 0.5) is 5.69 Å². The molecule has 0 aliphatic carbocycles. The highest BCUT2D eigenvalue weighted by Gasteiger charge is 2.18. The number of benzene rings is 1. The molecule has 19 heavy (non-hydrogen) atoms. The molecule has 0 aliphatic heterocycles. The first kappa shape index (κ1) is 13.6. The number of anilines is 1. The number of rotatable bonds is 3. The Morgan fingerprint density at radius 2 is 1.89 bits per heavy atom. The van der Waals surface area contributed by atoms with Gasteiger partial charge in [0.25, 0.3) is 10.0 Å². The van der Waals surface area contributed by atoms with Crippen molar-refractivity contribution in [2.24, 2.45) is 7.05 Å². The van der Waals surface area contributed by atoms with Crippen LogP contribution in [0.5, 0.6) is 0 Å². The molecule has 0 amide bonds. The van der Waals surface area contributed by atoms with Crippen LogP contribution in [0.3, 0.4) is 0 Å². The Hall–Kier alpha value is -1.82. The fraction of sp³-hybridized carbons (Fsp3) is 0.308. The predicted octanol–water partition coefficient (Wildman–Crippen LogP) is 2.15.